The van der Waals surface area contributed by atoms with Crippen molar-refractivity contribution >= 4 is 5.91 Å². The number of nitrogens with zero attached hydrogens (tertiary/aromatic N) is 1. The van der Waals surface area contributed by atoms with Crippen LogP contribution in [-0.2, 0) is 9.53 Å². The molecule has 0 aromatic carbocycles. The summed E-state index contributed by atoms with van der Waals surface area (Å²) >= 11 is 0. The molecular formula is C11H22N2O2. The molecule has 1 saturated heterocycles. The van der Waals surface area contributed by atoms with Crippen molar-refractivity contribution in [3.05, 3.63) is 0 Å². The second kappa shape index (κ2) is 5.47. The predicted molar refractivity (Wildman–Crippen MR) is 59.4 cm³/mol. The molecule has 0 aromatic rings. The van der Waals surface area contributed by atoms with Gasteiger partial charge in [0.2, 0.25) is 0 Å². The Balaban J connectivity index is 2.40. The smallest absolute Gasteiger partial charge is 0.251 e. The van der Waals surface area contributed by atoms with E-state index < -0.39 is 0 Å². The van der Waals surface area contributed by atoms with Crippen LogP contribution in [0.3, 0.4) is 0 Å². The van der Waals surface area contributed by atoms with Crippen LogP contribution in [0.4, 0.5) is 0 Å². The molecule has 1 heterocycles. The normalized spacial score (nSPS) is 22.5. The van der Waals surface area contributed by atoms with Crippen molar-refractivity contribution in [1.29, 1.82) is 0 Å². The fourth-order valence-electron chi connectivity index (χ4n) is 2.00. The first-order chi connectivity index (χ1) is 7.06. The van der Waals surface area contributed by atoms with Crippen LogP contribution < -0.4 is 5.73 Å². The van der Waals surface area contributed by atoms with E-state index in [0.29, 0.717) is 5.92 Å². The predicted octanol–water partition coefficient (Wildman–Crippen LogP) is 0.607. The van der Waals surface area contributed by atoms with E-state index in [9.17, 15) is 4.79 Å². The minimum atomic E-state index is -0.322. The number of ether oxygens (including phenoxy) is 1. The van der Waals surface area contributed by atoms with E-state index in [1.54, 1.807) is 14.0 Å². The van der Waals surface area contributed by atoms with Crippen molar-refractivity contribution in [1.82, 2.24) is 4.90 Å². The number of nitrogens with two attached hydrogens (primary N) is 1. The molecule has 0 aromatic heterocycles. The van der Waals surface area contributed by atoms with Gasteiger partial charge in [0.05, 0.1) is 0 Å². The molecule has 0 radical (unpaired) electrons. The zero-order chi connectivity index (χ0) is 11.4. The molecule has 2 unspecified atom stereocenters. The Morgan fingerprint density at radius 2 is 1.93 bits per heavy atom. The van der Waals surface area contributed by atoms with Gasteiger partial charge in [0, 0.05) is 26.2 Å². The van der Waals surface area contributed by atoms with Gasteiger partial charge in [-0.3, -0.25) is 4.79 Å². The van der Waals surface area contributed by atoms with Gasteiger partial charge in [0.25, 0.3) is 5.91 Å². The van der Waals surface area contributed by atoms with E-state index in [0.717, 1.165) is 25.9 Å². The van der Waals surface area contributed by atoms with Crippen molar-refractivity contribution in [3.8, 4) is 0 Å². The largest absolute Gasteiger partial charge is 0.372 e. The first kappa shape index (κ1) is 12.5. The molecule has 2 atom stereocenters. The monoisotopic (exact) mass is 214 g/mol. The van der Waals surface area contributed by atoms with Crippen LogP contribution in [0.15, 0.2) is 0 Å². The number of amides is 1. The Kier molecular flexibility index (Phi) is 4.54. The summed E-state index contributed by atoms with van der Waals surface area (Å²) in [4.78, 5) is 13.7. The quantitative estimate of drug-likeness (QED) is 0.749. The van der Waals surface area contributed by atoms with Crippen LogP contribution in [0.5, 0.6) is 0 Å². The lowest BCUT2D eigenvalue weighted by Crippen LogP contribution is -2.46. The Morgan fingerprint density at radius 1 is 1.40 bits per heavy atom. The maximum Gasteiger partial charge on any atom is 0.251 e. The third kappa shape index (κ3) is 3.18. The molecule has 0 bridgehead atoms. The van der Waals surface area contributed by atoms with Gasteiger partial charge in [-0.1, -0.05) is 0 Å². The number of carbonyl (C=O) groups excluding carboxylic acids is 1. The van der Waals surface area contributed by atoms with Crippen LogP contribution >= 0.6 is 0 Å². The second-order valence-electron chi connectivity index (χ2n) is 4.40. The average molecular weight is 214 g/mol. The first-order valence-corrected chi connectivity index (χ1v) is 5.63. The highest BCUT2D eigenvalue weighted by atomic mass is 16.5. The van der Waals surface area contributed by atoms with Crippen molar-refractivity contribution < 1.29 is 9.53 Å². The van der Waals surface area contributed by atoms with Crippen LogP contribution in [0.1, 0.15) is 26.7 Å². The molecule has 15 heavy (non-hydrogen) atoms. The average Bonchev–Trinajstić information content (AvgIpc) is 2.27. The van der Waals surface area contributed by atoms with Crippen molar-refractivity contribution in [3.63, 3.8) is 0 Å². The van der Waals surface area contributed by atoms with E-state index in [1.807, 2.05) is 11.8 Å². The number of hydrogen-bond donors (Lipinski definition) is 1. The van der Waals surface area contributed by atoms with Gasteiger partial charge >= 0.3 is 0 Å². The second-order valence-corrected chi connectivity index (χ2v) is 4.40. The molecule has 1 fully saturated rings. The molecule has 0 aliphatic carbocycles. The Bertz CT molecular complexity index is 211. The lowest BCUT2D eigenvalue weighted by atomic mass is 9.91. The number of rotatable bonds is 3. The number of methoxy groups -OCH3 is 1. The van der Waals surface area contributed by atoms with Crippen LogP contribution in [-0.4, -0.2) is 43.2 Å². The Hall–Kier alpha value is -0.610. The molecule has 1 rings (SSSR count). The van der Waals surface area contributed by atoms with Crippen molar-refractivity contribution in [2.24, 2.45) is 11.7 Å². The van der Waals surface area contributed by atoms with E-state index in [1.165, 1.54) is 0 Å². The summed E-state index contributed by atoms with van der Waals surface area (Å²) < 4.78 is 5.02. The summed E-state index contributed by atoms with van der Waals surface area (Å²) in [5.41, 5.74) is 5.85. The van der Waals surface area contributed by atoms with Gasteiger partial charge in [-0.05, 0) is 32.6 Å². The van der Waals surface area contributed by atoms with Gasteiger partial charge in [-0.2, -0.15) is 0 Å². The highest BCUT2D eigenvalue weighted by Gasteiger charge is 2.27. The molecular weight excluding hydrogens is 192 g/mol. The number of likely N-dealkylation sites (tertiary alicyclic amines) is 1. The first-order valence-electron chi connectivity index (χ1n) is 5.63. The molecule has 4 heteroatoms. The van der Waals surface area contributed by atoms with Crippen LogP contribution in [0.2, 0.25) is 0 Å². The molecule has 88 valence electrons. The highest BCUT2D eigenvalue weighted by molar-refractivity contribution is 5.80. The topological polar surface area (TPSA) is 55.6 Å². The fourth-order valence-corrected chi connectivity index (χ4v) is 2.00. The summed E-state index contributed by atoms with van der Waals surface area (Å²) in [5, 5.41) is 0. The third-order valence-electron chi connectivity index (χ3n) is 3.30. The third-order valence-corrected chi connectivity index (χ3v) is 3.30. The summed E-state index contributed by atoms with van der Waals surface area (Å²) in [7, 11) is 1.57. The summed E-state index contributed by atoms with van der Waals surface area (Å²) in [5.74, 6) is 0.660. The molecule has 1 amide bonds. The molecule has 0 saturated carbocycles. The molecule has 4 nitrogen and oxygen atoms in total. The number of hydrogen-bond acceptors (Lipinski definition) is 3. The minimum Gasteiger partial charge on any atom is -0.372 e. The van der Waals surface area contributed by atoms with E-state index >= 15 is 0 Å². The zero-order valence-electron chi connectivity index (χ0n) is 9.90. The van der Waals surface area contributed by atoms with Crippen molar-refractivity contribution in [2.45, 2.75) is 38.8 Å². The lowest BCUT2D eigenvalue weighted by Gasteiger charge is -2.34. The molecule has 0 spiro atoms. The zero-order valence-corrected chi connectivity index (χ0v) is 9.90. The standard InChI is InChI=1S/C11H22N2O2/c1-8(12)10-4-6-13(7-5-10)11(14)9(2)15-3/h8-10H,4-7,12H2,1-3H3. The van der Waals surface area contributed by atoms with E-state index in [4.69, 9.17) is 10.5 Å². The fraction of sp³-hybridized carbons (Fsp3) is 0.909. The van der Waals surface area contributed by atoms with Gasteiger partial charge in [-0.15, -0.1) is 0 Å². The van der Waals surface area contributed by atoms with Crippen molar-refractivity contribution in [2.75, 3.05) is 20.2 Å². The maximum absolute atomic E-state index is 11.8. The number of carbonyl (C=O) groups is 1. The van der Waals surface area contributed by atoms with E-state index in [-0.39, 0.29) is 18.1 Å². The molecule has 2 N–H and O–H groups in total. The highest BCUT2D eigenvalue weighted by Crippen LogP contribution is 2.20. The lowest BCUT2D eigenvalue weighted by molar-refractivity contribution is -0.142. The minimum absolute atomic E-state index is 0.0978. The number of piperidine rings is 1. The van der Waals surface area contributed by atoms with Crippen LogP contribution in [0.25, 0.3) is 0 Å². The Labute approximate surface area is 91.8 Å². The summed E-state index contributed by atoms with van der Waals surface area (Å²) in [6.07, 6.45) is 1.71. The summed E-state index contributed by atoms with van der Waals surface area (Å²) in [6, 6.07) is 0.238. The van der Waals surface area contributed by atoms with Gasteiger partial charge < -0.3 is 15.4 Å². The van der Waals surface area contributed by atoms with E-state index in [2.05, 4.69) is 0 Å². The Morgan fingerprint density at radius 3 is 2.33 bits per heavy atom. The van der Waals surface area contributed by atoms with Gasteiger partial charge in [0.15, 0.2) is 0 Å². The molecule has 1 aliphatic rings. The van der Waals surface area contributed by atoms with Gasteiger partial charge in [0.1, 0.15) is 6.10 Å². The van der Waals surface area contributed by atoms with Gasteiger partial charge in [-0.25, -0.2) is 0 Å². The maximum atomic E-state index is 11.8. The summed E-state index contributed by atoms with van der Waals surface area (Å²) in [6.45, 7) is 5.47. The SMILES string of the molecule is COC(C)C(=O)N1CCC(C(C)N)CC1. The molecule has 1 aliphatic heterocycles. The van der Waals surface area contributed by atoms with Crippen LogP contribution in [0, 0.1) is 5.92 Å².